The lowest BCUT2D eigenvalue weighted by Gasteiger charge is -2.39. The number of nitrogens with zero attached hydrogens (tertiary/aromatic N) is 1. The molecule has 0 aromatic rings. The Morgan fingerprint density at radius 3 is 2.30 bits per heavy atom. The molecular formula is C17H25NO5. The lowest BCUT2D eigenvalue weighted by atomic mass is 9.66. The number of cyclic esters (lactones) is 2. The summed E-state index contributed by atoms with van der Waals surface area (Å²) in [5, 5.41) is 4.27. The zero-order valence-corrected chi connectivity index (χ0v) is 14.4. The van der Waals surface area contributed by atoms with Crippen LogP contribution in [0.5, 0.6) is 0 Å². The van der Waals surface area contributed by atoms with Crippen LogP contribution in [-0.2, 0) is 23.9 Å². The summed E-state index contributed by atoms with van der Waals surface area (Å²) in [6.45, 7) is 9.56. The van der Waals surface area contributed by atoms with Crippen molar-refractivity contribution in [2.45, 2.75) is 59.4 Å². The Hall–Kier alpha value is -1.59. The molecule has 0 aromatic heterocycles. The maximum absolute atomic E-state index is 12.3. The smallest absolute Gasteiger partial charge is 0.327 e. The molecule has 1 saturated heterocycles. The van der Waals surface area contributed by atoms with Crippen LogP contribution < -0.4 is 0 Å². The number of oxime groups is 1. The van der Waals surface area contributed by atoms with Gasteiger partial charge in [0.1, 0.15) is 0 Å². The first-order valence-electron chi connectivity index (χ1n) is 8.40. The highest BCUT2D eigenvalue weighted by Gasteiger charge is 2.56. The van der Waals surface area contributed by atoms with Crippen LogP contribution in [0.2, 0.25) is 0 Å². The predicted octanol–water partition coefficient (Wildman–Crippen LogP) is 2.51. The van der Waals surface area contributed by atoms with Gasteiger partial charge < -0.3 is 14.3 Å². The van der Waals surface area contributed by atoms with Gasteiger partial charge in [-0.3, -0.25) is 9.59 Å². The lowest BCUT2D eigenvalue weighted by Crippen LogP contribution is -2.53. The molecule has 0 bridgehead atoms. The van der Waals surface area contributed by atoms with Gasteiger partial charge in [-0.1, -0.05) is 25.9 Å². The molecule has 1 aliphatic carbocycles. The standard InChI is InChI=1S/C17H25NO5/c1-8(2)10-7-6-9(3)11-13(10)18-23-14(11)12-15(19)21-17(4,5)22-16(12)20/h8-12,14H,6-7H2,1-5H3. The molecule has 0 N–H and O–H groups in total. The zero-order valence-electron chi connectivity index (χ0n) is 14.4. The number of esters is 2. The molecular weight excluding hydrogens is 298 g/mol. The zero-order chi connectivity index (χ0) is 16.9. The lowest BCUT2D eigenvalue weighted by molar-refractivity contribution is -0.246. The predicted molar refractivity (Wildman–Crippen MR) is 82.3 cm³/mol. The van der Waals surface area contributed by atoms with E-state index in [4.69, 9.17) is 14.3 Å². The van der Waals surface area contributed by atoms with Gasteiger partial charge in [0.15, 0.2) is 12.0 Å². The van der Waals surface area contributed by atoms with Crippen LogP contribution in [0.1, 0.15) is 47.5 Å². The topological polar surface area (TPSA) is 74.2 Å². The summed E-state index contributed by atoms with van der Waals surface area (Å²) in [5.41, 5.74) is 0.995. The van der Waals surface area contributed by atoms with Gasteiger partial charge in [0, 0.05) is 25.7 Å². The molecule has 0 aromatic carbocycles. The van der Waals surface area contributed by atoms with Gasteiger partial charge in [0.05, 0.1) is 5.71 Å². The Labute approximate surface area is 136 Å². The van der Waals surface area contributed by atoms with E-state index >= 15 is 0 Å². The number of fused-ring (bicyclic) bond motifs is 1. The van der Waals surface area contributed by atoms with Gasteiger partial charge in [0.2, 0.25) is 0 Å². The van der Waals surface area contributed by atoms with Crippen molar-refractivity contribution in [1.82, 2.24) is 0 Å². The maximum atomic E-state index is 12.3. The molecule has 4 unspecified atom stereocenters. The second-order valence-electron chi connectivity index (χ2n) is 7.74. The van der Waals surface area contributed by atoms with Gasteiger partial charge in [0.25, 0.3) is 5.79 Å². The Kier molecular flexibility index (Phi) is 3.89. The monoisotopic (exact) mass is 323 g/mol. The van der Waals surface area contributed by atoms with Crippen molar-refractivity contribution in [1.29, 1.82) is 0 Å². The molecule has 23 heavy (non-hydrogen) atoms. The van der Waals surface area contributed by atoms with Crippen molar-refractivity contribution in [3.05, 3.63) is 0 Å². The third-order valence-corrected chi connectivity index (χ3v) is 5.24. The molecule has 3 aliphatic rings. The first-order chi connectivity index (χ1) is 10.7. The summed E-state index contributed by atoms with van der Waals surface area (Å²) in [6.07, 6.45) is 1.49. The van der Waals surface area contributed by atoms with Gasteiger partial charge in [-0.25, -0.2) is 0 Å². The number of rotatable bonds is 2. The minimum Gasteiger partial charge on any atom is -0.422 e. The van der Waals surface area contributed by atoms with E-state index in [1.54, 1.807) is 13.8 Å². The fraction of sp³-hybridized carbons (Fsp3) is 0.824. The average molecular weight is 323 g/mol. The van der Waals surface area contributed by atoms with Crippen LogP contribution in [0.4, 0.5) is 0 Å². The maximum Gasteiger partial charge on any atom is 0.327 e. The molecule has 2 aliphatic heterocycles. The molecule has 2 heterocycles. The molecule has 0 spiro atoms. The third kappa shape index (κ3) is 2.72. The van der Waals surface area contributed by atoms with E-state index in [2.05, 4.69) is 25.9 Å². The Bertz CT molecular complexity index is 533. The van der Waals surface area contributed by atoms with Gasteiger partial charge in [-0.2, -0.15) is 0 Å². The highest BCUT2D eigenvalue weighted by atomic mass is 16.7. The summed E-state index contributed by atoms with van der Waals surface area (Å²) < 4.78 is 10.5. The molecule has 3 rings (SSSR count). The summed E-state index contributed by atoms with van der Waals surface area (Å²) in [4.78, 5) is 30.3. The van der Waals surface area contributed by atoms with Crippen LogP contribution in [0.25, 0.3) is 0 Å². The van der Waals surface area contributed by atoms with Crippen LogP contribution in [-0.4, -0.2) is 29.5 Å². The van der Waals surface area contributed by atoms with Crippen molar-refractivity contribution in [3.8, 4) is 0 Å². The van der Waals surface area contributed by atoms with Gasteiger partial charge in [-0.05, 0) is 24.7 Å². The third-order valence-electron chi connectivity index (χ3n) is 5.24. The van der Waals surface area contributed by atoms with E-state index in [9.17, 15) is 9.59 Å². The molecule has 1 saturated carbocycles. The van der Waals surface area contributed by atoms with Crippen LogP contribution in [0.3, 0.4) is 0 Å². The first kappa shape index (κ1) is 16.3. The Morgan fingerprint density at radius 2 is 1.74 bits per heavy atom. The average Bonchev–Trinajstić information content (AvgIpc) is 2.82. The minimum absolute atomic E-state index is 0.0255. The molecule has 0 amide bonds. The fourth-order valence-corrected chi connectivity index (χ4v) is 4.06. The highest BCUT2D eigenvalue weighted by molar-refractivity contribution is 5.99. The second-order valence-corrected chi connectivity index (χ2v) is 7.74. The normalized spacial score (nSPS) is 36.9. The number of hydrogen-bond donors (Lipinski definition) is 0. The Balaban J connectivity index is 1.85. The van der Waals surface area contributed by atoms with Crippen molar-refractivity contribution < 1.29 is 23.9 Å². The van der Waals surface area contributed by atoms with E-state index in [-0.39, 0.29) is 5.92 Å². The van der Waals surface area contributed by atoms with E-state index in [1.807, 2.05) is 0 Å². The Morgan fingerprint density at radius 1 is 1.13 bits per heavy atom. The van der Waals surface area contributed by atoms with Crippen LogP contribution in [0.15, 0.2) is 5.16 Å². The number of ether oxygens (including phenoxy) is 2. The van der Waals surface area contributed by atoms with E-state index < -0.39 is 29.7 Å². The van der Waals surface area contributed by atoms with Crippen molar-refractivity contribution in [2.75, 3.05) is 0 Å². The van der Waals surface area contributed by atoms with Crippen LogP contribution >= 0.6 is 0 Å². The first-order valence-corrected chi connectivity index (χ1v) is 8.40. The molecule has 4 atom stereocenters. The largest absolute Gasteiger partial charge is 0.422 e. The van der Waals surface area contributed by atoms with Crippen LogP contribution in [0, 0.1) is 29.6 Å². The molecule has 0 radical (unpaired) electrons. The van der Waals surface area contributed by atoms with Crippen molar-refractivity contribution in [3.63, 3.8) is 0 Å². The summed E-state index contributed by atoms with van der Waals surface area (Å²) in [5.74, 6) is -2.34. The second kappa shape index (κ2) is 5.49. The SMILES string of the molecule is CC(C)C1CCC(C)C2C1=NOC2C1C(=O)OC(C)(C)OC1=O. The summed E-state index contributed by atoms with van der Waals surface area (Å²) >= 11 is 0. The van der Waals surface area contributed by atoms with Crippen molar-refractivity contribution in [2.24, 2.45) is 34.7 Å². The van der Waals surface area contributed by atoms with E-state index in [1.165, 1.54) is 0 Å². The minimum atomic E-state index is -1.22. The number of carbonyl (C=O) groups is 2. The highest BCUT2D eigenvalue weighted by Crippen LogP contribution is 2.44. The number of hydrogen-bond acceptors (Lipinski definition) is 6. The molecule has 2 fully saturated rings. The molecule has 6 heteroatoms. The van der Waals surface area contributed by atoms with Gasteiger partial charge >= 0.3 is 11.9 Å². The molecule has 128 valence electrons. The molecule has 6 nitrogen and oxygen atoms in total. The summed E-state index contributed by atoms with van der Waals surface area (Å²) in [6, 6.07) is 0. The quantitative estimate of drug-likeness (QED) is 0.576. The van der Waals surface area contributed by atoms with Gasteiger partial charge in [-0.15, -0.1) is 0 Å². The van der Waals surface area contributed by atoms with E-state index in [0.717, 1.165) is 18.6 Å². The van der Waals surface area contributed by atoms with Crippen molar-refractivity contribution >= 4 is 17.7 Å². The van der Waals surface area contributed by atoms with E-state index in [0.29, 0.717) is 17.8 Å². The summed E-state index contributed by atoms with van der Waals surface area (Å²) in [7, 11) is 0. The number of carbonyl (C=O) groups excluding carboxylic acids is 2. The fourth-order valence-electron chi connectivity index (χ4n) is 4.06.